The smallest absolute Gasteiger partial charge is 0.100 e. The molecule has 0 heterocycles. The van der Waals surface area contributed by atoms with Gasteiger partial charge in [-0.3, -0.25) is 0 Å². The van der Waals surface area contributed by atoms with Crippen LogP contribution in [0.5, 0.6) is 0 Å². The Balaban J connectivity index is 0. The zero-order chi connectivity index (χ0) is 20.6. The summed E-state index contributed by atoms with van der Waals surface area (Å²) in [5.74, 6) is 0.994. The van der Waals surface area contributed by atoms with Crippen molar-refractivity contribution in [3.63, 3.8) is 0 Å². The van der Waals surface area contributed by atoms with Crippen molar-refractivity contribution in [3.05, 3.63) is 0 Å². The van der Waals surface area contributed by atoms with Crippen LogP contribution < -0.4 is 0 Å². The largest absolute Gasteiger partial charge is 0.396 e. The second-order valence-corrected chi connectivity index (χ2v) is 7.86. The molecule has 4 nitrogen and oxygen atoms in total. The Morgan fingerprint density at radius 1 is 0.519 bits per heavy atom. The molecule has 0 fully saturated rings. The van der Waals surface area contributed by atoms with Crippen LogP contribution in [0.4, 0.5) is 0 Å². The highest BCUT2D eigenvalue weighted by Gasteiger charge is 2.08. The quantitative estimate of drug-likeness (QED) is 0.228. The van der Waals surface area contributed by atoms with Crippen LogP contribution in [-0.2, 0) is 0 Å². The van der Waals surface area contributed by atoms with E-state index in [0.29, 0.717) is 6.61 Å². The number of hydrogen-bond donors (Lipinski definition) is 4. The van der Waals surface area contributed by atoms with E-state index in [9.17, 15) is 0 Å². The average Bonchev–Trinajstić information content (AvgIpc) is 2.70. The fourth-order valence-electron chi connectivity index (χ4n) is 3.27. The van der Waals surface area contributed by atoms with E-state index in [1.807, 2.05) is 0 Å². The fourth-order valence-corrected chi connectivity index (χ4v) is 3.27. The Kier molecular flexibility index (Phi) is 27.8. The van der Waals surface area contributed by atoms with E-state index in [1.165, 1.54) is 96.3 Å². The maximum absolute atomic E-state index is 8.78. The van der Waals surface area contributed by atoms with E-state index in [4.69, 9.17) is 20.4 Å². The molecule has 0 saturated heterocycles. The Labute approximate surface area is 169 Å². The minimum atomic E-state index is -0.954. The van der Waals surface area contributed by atoms with Crippen molar-refractivity contribution < 1.29 is 20.4 Å². The summed E-state index contributed by atoms with van der Waals surface area (Å²) in [5.41, 5.74) is 0. The highest BCUT2D eigenvalue weighted by atomic mass is 16.3. The summed E-state index contributed by atoms with van der Waals surface area (Å²) in [4.78, 5) is 0. The third-order valence-electron chi connectivity index (χ3n) is 5.12. The van der Waals surface area contributed by atoms with E-state index in [0.717, 1.165) is 12.3 Å². The van der Waals surface area contributed by atoms with Gasteiger partial charge in [0.1, 0.15) is 6.10 Å². The first-order valence-electron chi connectivity index (χ1n) is 11.7. The van der Waals surface area contributed by atoms with E-state index in [2.05, 4.69) is 13.8 Å². The molecule has 0 amide bonds. The molecule has 0 aromatic rings. The van der Waals surface area contributed by atoms with Crippen LogP contribution in [0.2, 0.25) is 0 Å². The summed E-state index contributed by atoms with van der Waals surface area (Å²) in [6.45, 7) is 4.25. The molecule has 27 heavy (non-hydrogen) atoms. The van der Waals surface area contributed by atoms with Gasteiger partial charge in [0.15, 0.2) is 0 Å². The van der Waals surface area contributed by atoms with Gasteiger partial charge in [-0.25, -0.2) is 0 Å². The molecule has 1 unspecified atom stereocenters. The molecule has 0 aliphatic carbocycles. The lowest BCUT2D eigenvalue weighted by Gasteiger charge is -2.16. The molecule has 0 aliphatic rings. The number of rotatable bonds is 19. The molecule has 0 bridgehead atoms. The van der Waals surface area contributed by atoms with Gasteiger partial charge in [-0.05, 0) is 12.3 Å². The Morgan fingerprint density at radius 3 is 1.33 bits per heavy atom. The Morgan fingerprint density at radius 2 is 0.926 bits per heavy atom. The first-order valence-corrected chi connectivity index (χ1v) is 11.7. The molecule has 0 aromatic carbocycles. The van der Waals surface area contributed by atoms with E-state index in [-0.39, 0.29) is 13.2 Å². The van der Waals surface area contributed by atoms with Crippen LogP contribution in [0.3, 0.4) is 0 Å². The molecule has 0 saturated carbocycles. The SMILES string of the molecule is CCCCCCCCC(CCCC)CCCCCCCO.OCC(O)CO. The molecule has 1 atom stereocenters. The highest BCUT2D eigenvalue weighted by Crippen LogP contribution is 2.23. The summed E-state index contributed by atoms with van der Waals surface area (Å²) in [6.07, 6.45) is 21.1. The second kappa shape index (κ2) is 25.8. The predicted molar refractivity (Wildman–Crippen MR) is 116 cm³/mol. The van der Waals surface area contributed by atoms with Crippen LogP contribution in [0.15, 0.2) is 0 Å². The summed E-state index contributed by atoms with van der Waals surface area (Å²) < 4.78 is 0. The van der Waals surface area contributed by atoms with Gasteiger partial charge in [-0.1, -0.05) is 110 Å². The van der Waals surface area contributed by atoms with Crippen LogP contribution in [0.1, 0.15) is 117 Å². The molecule has 0 aromatic heterocycles. The van der Waals surface area contributed by atoms with Gasteiger partial charge in [0.05, 0.1) is 13.2 Å². The molecule has 4 N–H and O–H groups in total. The van der Waals surface area contributed by atoms with Gasteiger partial charge in [-0.15, -0.1) is 0 Å². The monoisotopic (exact) mass is 390 g/mol. The van der Waals surface area contributed by atoms with Crippen molar-refractivity contribution in [3.8, 4) is 0 Å². The third-order valence-corrected chi connectivity index (χ3v) is 5.12. The summed E-state index contributed by atoms with van der Waals surface area (Å²) in [7, 11) is 0. The molecular formula is C23H50O4. The fraction of sp³-hybridized carbons (Fsp3) is 1.00. The lowest BCUT2D eigenvalue weighted by molar-refractivity contribution is 0.0450. The highest BCUT2D eigenvalue weighted by molar-refractivity contribution is 4.61. The van der Waals surface area contributed by atoms with Gasteiger partial charge in [-0.2, -0.15) is 0 Å². The van der Waals surface area contributed by atoms with Crippen molar-refractivity contribution >= 4 is 0 Å². The molecule has 0 radical (unpaired) electrons. The van der Waals surface area contributed by atoms with Crippen LogP contribution in [0.25, 0.3) is 0 Å². The van der Waals surface area contributed by atoms with Gasteiger partial charge in [0, 0.05) is 6.61 Å². The van der Waals surface area contributed by atoms with Crippen LogP contribution in [0, 0.1) is 5.92 Å². The number of aliphatic hydroxyl groups is 4. The lowest BCUT2D eigenvalue weighted by Crippen LogP contribution is -2.15. The summed E-state index contributed by atoms with van der Waals surface area (Å²) in [5, 5.41) is 32.8. The van der Waals surface area contributed by atoms with Crippen LogP contribution in [-0.4, -0.2) is 46.4 Å². The zero-order valence-electron chi connectivity index (χ0n) is 18.4. The van der Waals surface area contributed by atoms with Crippen molar-refractivity contribution in [1.29, 1.82) is 0 Å². The van der Waals surface area contributed by atoms with E-state index < -0.39 is 6.10 Å². The maximum Gasteiger partial charge on any atom is 0.100 e. The van der Waals surface area contributed by atoms with Gasteiger partial charge in [0.2, 0.25) is 0 Å². The first kappa shape index (κ1) is 29.0. The van der Waals surface area contributed by atoms with Crippen molar-refractivity contribution in [2.45, 2.75) is 123 Å². The normalized spacial score (nSPS) is 12.1. The number of hydrogen-bond acceptors (Lipinski definition) is 4. The van der Waals surface area contributed by atoms with Crippen molar-refractivity contribution in [1.82, 2.24) is 0 Å². The average molecular weight is 391 g/mol. The van der Waals surface area contributed by atoms with Gasteiger partial charge < -0.3 is 20.4 Å². The predicted octanol–water partition coefficient (Wildman–Crippen LogP) is 5.21. The van der Waals surface area contributed by atoms with Crippen LogP contribution >= 0.6 is 0 Å². The molecule has 0 spiro atoms. The number of unbranched alkanes of at least 4 members (excludes halogenated alkanes) is 10. The molecule has 166 valence electrons. The zero-order valence-corrected chi connectivity index (χ0v) is 18.4. The molecule has 4 heteroatoms. The summed E-state index contributed by atoms with van der Waals surface area (Å²) in [6, 6.07) is 0. The second-order valence-electron chi connectivity index (χ2n) is 7.86. The molecular weight excluding hydrogens is 340 g/mol. The van der Waals surface area contributed by atoms with Crippen molar-refractivity contribution in [2.75, 3.05) is 19.8 Å². The lowest BCUT2D eigenvalue weighted by atomic mass is 9.90. The van der Waals surface area contributed by atoms with Crippen molar-refractivity contribution in [2.24, 2.45) is 5.92 Å². The minimum absolute atomic E-state index is 0.365. The summed E-state index contributed by atoms with van der Waals surface area (Å²) >= 11 is 0. The topological polar surface area (TPSA) is 80.9 Å². The Bertz CT molecular complexity index is 229. The number of aliphatic hydroxyl groups excluding tert-OH is 4. The molecule has 0 aliphatic heterocycles. The van der Waals surface area contributed by atoms with Gasteiger partial charge >= 0.3 is 0 Å². The van der Waals surface area contributed by atoms with E-state index >= 15 is 0 Å². The standard InChI is InChI=1S/C20H42O.C3H8O3/c1-3-5-7-8-10-13-17-20(16-6-4-2)18-14-11-9-12-15-19-21;4-1-3(6)2-5/h20-21H,3-19H2,1-2H3;3-6H,1-2H2. The minimum Gasteiger partial charge on any atom is -0.396 e. The first-order chi connectivity index (χ1) is 13.2. The van der Waals surface area contributed by atoms with E-state index in [1.54, 1.807) is 0 Å². The third kappa shape index (κ3) is 25.8. The maximum atomic E-state index is 8.78. The molecule has 0 rings (SSSR count). The van der Waals surface area contributed by atoms with Gasteiger partial charge in [0.25, 0.3) is 0 Å². The Hall–Kier alpha value is -0.160.